The molecule has 1 aliphatic rings. The summed E-state index contributed by atoms with van der Waals surface area (Å²) in [4.78, 5) is 11.7. The molecule has 0 bridgehead atoms. The van der Waals surface area contributed by atoms with Gasteiger partial charge in [-0.25, -0.2) is 5.32 Å². The number of amides is 1. The zero-order chi connectivity index (χ0) is 10.7. The number of hydrogen-bond acceptors (Lipinski definition) is 1. The average molecular weight is 203 g/mol. The van der Waals surface area contributed by atoms with Crippen molar-refractivity contribution in [3.63, 3.8) is 0 Å². The highest BCUT2D eigenvalue weighted by Crippen LogP contribution is 2.33. The molecule has 3 nitrogen and oxygen atoms in total. The molecule has 0 aliphatic carbocycles. The summed E-state index contributed by atoms with van der Waals surface area (Å²) in [6.07, 6.45) is 1.48. The number of nitrogens with two attached hydrogens (primary N) is 1. The summed E-state index contributed by atoms with van der Waals surface area (Å²) < 4.78 is 0. The van der Waals surface area contributed by atoms with Crippen molar-refractivity contribution >= 4 is 5.91 Å². The highest BCUT2D eigenvalue weighted by atomic mass is 16.1. The molecular weight excluding hydrogens is 188 g/mol. The summed E-state index contributed by atoms with van der Waals surface area (Å²) in [7, 11) is 0. The van der Waals surface area contributed by atoms with Crippen LogP contribution in [0.25, 0.3) is 0 Å². The molecule has 1 aromatic rings. The number of carbonyl (C=O) groups is 1. The largest absolute Gasteiger partial charge is 0.369 e. The molecule has 1 saturated heterocycles. The Bertz CT molecular complexity index is 342. The molecule has 2 N–H and O–H groups in total. The van der Waals surface area contributed by atoms with Crippen LogP contribution in [0.15, 0.2) is 30.3 Å². The molecule has 1 aromatic carbocycles. The maximum atomic E-state index is 11.7. The first kappa shape index (κ1) is 10.2. The van der Waals surface area contributed by atoms with Crippen molar-refractivity contribution < 1.29 is 4.79 Å². The van der Waals surface area contributed by atoms with E-state index in [-0.39, 0.29) is 5.91 Å². The highest BCUT2D eigenvalue weighted by molar-refractivity contribution is 5.86. The van der Waals surface area contributed by atoms with Crippen LogP contribution in [-0.2, 0) is 10.2 Å². The van der Waals surface area contributed by atoms with Crippen molar-refractivity contribution in [2.24, 2.45) is 5.73 Å². The third-order valence-electron chi connectivity index (χ3n) is 3.19. The number of primary amides is 1. The smallest absolute Gasteiger partial charge is 0.228 e. The Morgan fingerprint density at radius 1 is 1.20 bits per heavy atom. The minimum Gasteiger partial charge on any atom is -0.369 e. The second-order valence-electron chi connectivity index (χ2n) is 3.98. The lowest BCUT2D eigenvalue weighted by atomic mass is 9.72. The summed E-state index contributed by atoms with van der Waals surface area (Å²) in [5, 5.41) is 4.27. The minimum atomic E-state index is -0.483. The summed E-state index contributed by atoms with van der Waals surface area (Å²) in [6.45, 7) is 1.47. The first-order valence-corrected chi connectivity index (χ1v) is 5.24. The number of hydrogen-bond donors (Lipinski definition) is 1. The Morgan fingerprint density at radius 3 is 2.33 bits per heavy atom. The molecule has 0 saturated carbocycles. The molecule has 1 radical (unpaired) electrons. The molecule has 79 valence electrons. The van der Waals surface area contributed by atoms with Gasteiger partial charge in [0.15, 0.2) is 0 Å². The molecule has 3 heteroatoms. The fourth-order valence-electron chi connectivity index (χ4n) is 2.21. The lowest BCUT2D eigenvalue weighted by Crippen LogP contribution is -2.47. The van der Waals surface area contributed by atoms with Gasteiger partial charge in [-0.05, 0) is 18.4 Å². The lowest BCUT2D eigenvalue weighted by molar-refractivity contribution is -0.124. The highest BCUT2D eigenvalue weighted by Gasteiger charge is 2.39. The van der Waals surface area contributed by atoms with Gasteiger partial charge in [-0.15, -0.1) is 0 Å². The van der Waals surface area contributed by atoms with Crippen molar-refractivity contribution in [3.8, 4) is 0 Å². The van der Waals surface area contributed by atoms with Gasteiger partial charge in [0.1, 0.15) is 0 Å². The Kier molecular flexibility index (Phi) is 2.73. The van der Waals surface area contributed by atoms with E-state index >= 15 is 0 Å². The van der Waals surface area contributed by atoms with E-state index in [0.717, 1.165) is 31.5 Å². The van der Waals surface area contributed by atoms with Crippen LogP contribution in [0.3, 0.4) is 0 Å². The van der Waals surface area contributed by atoms with Gasteiger partial charge in [0, 0.05) is 13.1 Å². The zero-order valence-electron chi connectivity index (χ0n) is 8.65. The summed E-state index contributed by atoms with van der Waals surface area (Å²) in [5.41, 5.74) is 6.11. The van der Waals surface area contributed by atoms with Crippen molar-refractivity contribution in [1.29, 1.82) is 0 Å². The molecule has 1 amide bonds. The Morgan fingerprint density at radius 2 is 1.80 bits per heavy atom. The molecule has 0 aromatic heterocycles. The van der Waals surface area contributed by atoms with Crippen molar-refractivity contribution in [2.75, 3.05) is 13.1 Å². The summed E-state index contributed by atoms with van der Waals surface area (Å²) >= 11 is 0. The van der Waals surface area contributed by atoms with Crippen LogP contribution in [0.5, 0.6) is 0 Å². The van der Waals surface area contributed by atoms with E-state index < -0.39 is 5.41 Å². The van der Waals surface area contributed by atoms with Crippen LogP contribution in [0.2, 0.25) is 0 Å². The Balaban J connectivity index is 2.38. The monoisotopic (exact) mass is 203 g/mol. The molecule has 2 rings (SSSR count). The molecule has 1 fully saturated rings. The minimum absolute atomic E-state index is 0.219. The Hall–Kier alpha value is -1.35. The van der Waals surface area contributed by atoms with Crippen molar-refractivity contribution in [2.45, 2.75) is 18.3 Å². The first-order chi connectivity index (χ1) is 7.26. The van der Waals surface area contributed by atoms with Gasteiger partial charge < -0.3 is 5.73 Å². The second-order valence-corrected chi connectivity index (χ2v) is 3.98. The SMILES string of the molecule is NC(=O)C1(c2ccccc2)CC[N]CC1. The lowest BCUT2D eigenvalue weighted by Gasteiger charge is -2.34. The van der Waals surface area contributed by atoms with Crippen LogP contribution in [-0.4, -0.2) is 19.0 Å². The van der Waals surface area contributed by atoms with Gasteiger partial charge >= 0.3 is 0 Å². The van der Waals surface area contributed by atoms with Crippen LogP contribution in [0.4, 0.5) is 0 Å². The fourth-order valence-corrected chi connectivity index (χ4v) is 2.21. The third kappa shape index (κ3) is 1.75. The van der Waals surface area contributed by atoms with E-state index in [0.29, 0.717) is 0 Å². The van der Waals surface area contributed by atoms with Crippen molar-refractivity contribution in [3.05, 3.63) is 35.9 Å². The summed E-state index contributed by atoms with van der Waals surface area (Å²) in [6, 6.07) is 9.81. The van der Waals surface area contributed by atoms with Gasteiger partial charge in [-0.1, -0.05) is 30.3 Å². The molecule has 15 heavy (non-hydrogen) atoms. The average Bonchev–Trinajstić information content (AvgIpc) is 2.31. The number of piperidine rings is 1. The molecular formula is C12H15N2O. The molecule has 0 spiro atoms. The van der Waals surface area contributed by atoms with Crippen LogP contribution in [0.1, 0.15) is 18.4 Å². The third-order valence-corrected chi connectivity index (χ3v) is 3.19. The molecule has 1 heterocycles. The normalized spacial score (nSPS) is 19.7. The summed E-state index contributed by atoms with van der Waals surface area (Å²) in [5.74, 6) is -0.219. The van der Waals surface area contributed by atoms with E-state index in [1.165, 1.54) is 0 Å². The van der Waals surface area contributed by atoms with E-state index in [4.69, 9.17) is 5.73 Å². The fraction of sp³-hybridized carbons (Fsp3) is 0.417. The Labute approximate surface area is 89.7 Å². The standard InChI is InChI=1S/C12H15N2O/c13-11(15)12(6-8-14-9-7-12)10-4-2-1-3-5-10/h1-5H,6-9H2,(H2,13,15). The number of benzene rings is 1. The quantitative estimate of drug-likeness (QED) is 0.759. The van der Waals surface area contributed by atoms with Crippen LogP contribution < -0.4 is 11.1 Å². The van der Waals surface area contributed by atoms with Gasteiger partial charge in [-0.2, -0.15) is 0 Å². The predicted octanol–water partition coefficient (Wildman–Crippen LogP) is 0.808. The van der Waals surface area contributed by atoms with E-state index in [2.05, 4.69) is 5.32 Å². The molecule has 0 unspecified atom stereocenters. The second kappa shape index (κ2) is 4.03. The van der Waals surface area contributed by atoms with Gasteiger partial charge in [0.25, 0.3) is 0 Å². The number of carbonyl (C=O) groups excluding carboxylic acids is 1. The van der Waals surface area contributed by atoms with Gasteiger partial charge in [-0.3, -0.25) is 4.79 Å². The van der Waals surface area contributed by atoms with Gasteiger partial charge in [0.2, 0.25) is 5.91 Å². The predicted molar refractivity (Wildman–Crippen MR) is 58.4 cm³/mol. The number of nitrogens with zero attached hydrogens (tertiary/aromatic N) is 1. The van der Waals surface area contributed by atoms with Gasteiger partial charge in [0.05, 0.1) is 5.41 Å². The molecule has 1 aliphatic heterocycles. The maximum Gasteiger partial charge on any atom is 0.228 e. The van der Waals surface area contributed by atoms with E-state index in [1.54, 1.807) is 0 Å². The number of rotatable bonds is 2. The van der Waals surface area contributed by atoms with Crippen LogP contribution in [0, 0.1) is 0 Å². The zero-order valence-corrected chi connectivity index (χ0v) is 8.65. The van der Waals surface area contributed by atoms with E-state index in [9.17, 15) is 4.79 Å². The van der Waals surface area contributed by atoms with Crippen molar-refractivity contribution in [1.82, 2.24) is 5.32 Å². The van der Waals surface area contributed by atoms with Crippen LogP contribution >= 0.6 is 0 Å². The maximum absolute atomic E-state index is 11.7. The topological polar surface area (TPSA) is 57.2 Å². The van der Waals surface area contributed by atoms with E-state index in [1.807, 2.05) is 30.3 Å². The first-order valence-electron chi connectivity index (χ1n) is 5.24. The molecule has 0 atom stereocenters.